The van der Waals surface area contributed by atoms with Crippen LogP contribution in [0.25, 0.3) is 0 Å². The van der Waals surface area contributed by atoms with E-state index in [9.17, 15) is 5.11 Å². The highest BCUT2D eigenvalue weighted by molar-refractivity contribution is 5.15. The van der Waals surface area contributed by atoms with E-state index in [2.05, 4.69) is 60.7 Å². The summed E-state index contributed by atoms with van der Waals surface area (Å²) in [6.45, 7) is 0.323. The topological polar surface area (TPSA) is 20.2 Å². The first kappa shape index (κ1) is 15.8. The van der Waals surface area contributed by atoms with Crippen molar-refractivity contribution in [3.63, 3.8) is 0 Å². The van der Waals surface area contributed by atoms with Gasteiger partial charge in [-0.1, -0.05) is 60.7 Å². The molecule has 0 unspecified atom stereocenters. The average molecular weight is 282 g/mol. The number of aliphatic hydroxyl groups is 1. The van der Waals surface area contributed by atoms with Crippen LogP contribution in [0.4, 0.5) is 0 Å². The highest BCUT2D eigenvalue weighted by Crippen LogP contribution is 2.17. The van der Waals surface area contributed by atoms with E-state index >= 15 is 0 Å². The summed E-state index contributed by atoms with van der Waals surface area (Å²) in [5.74, 6) is 0.456. The van der Waals surface area contributed by atoms with Gasteiger partial charge in [0, 0.05) is 6.61 Å². The molecule has 0 aromatic heterocycles. The third kappa shape index (κ3) is 6.14. The molecule has 0 bridgehead atoms. The molecule has 0 aliphatic carbocycles. The van der Waals surface area contributed by atoms with Gasteiger partial charge in [-0.2, -0.15) is 0 Å². The SMILES string of the molecule is OCC(CCCc1ccccc1)CCCc1ccccc1. The molecule has 0 saturated heterocycles. The largest absolute Gasteiger partial charge is 0.396 e. The van der Waals surface area contributed by atoms with Crippen LogP contribution in [0, 0.1) is 5.92 Å². The van der Waals surface area contributed by atoms with Crippen LogP contribution in [-0.2, 0) is 12.8 Å². The second-order valence-corrected chi connectivity index (χ2v) is 5.80. The first-order valence-corrected chi connectivity index (χ1v) is 8.07. The third-order valence-electron chi connectivity index (χ3n) is 4.10. The van der Waals surface area contributed by atoms with Crippen LogP contribution in [0.15, 0.2) is 60.7 Å². The highest BCUT2D eigenvalue weighted by Gasteiger charge is 2.07. The van der Waals surface area contributed by atoms with Gasteiger partial charge in [0.2, 0.25) is 0 Å². The third-order valence-corrected chi connectivity index (χ3v) is 4.10. The summed E-state index contributed by atoms with van der Waals surface area (Å²) < 4.78 is 0. The molecule has 2 rings (SSSR count). The summed E-state index contributed by atoms with van der Waals surface area (Å²) in [7, 11) is 0. The number of rotatable bonds is 9. The Morgan fingerprint density at radius 1 is 0.667 bits per heavy atom. The van der Waals surface area contributed by atoms with E-state index in [1.54, 1.807) is 0 Å². The molecule has 2 aromatic carbocycles. The van der Waals surface area contributed by atoms with Gasteiger partial charge in [0.05, 0.1) is 0 Å². The lowest BCUT2D eigenvalue weighted by Gasteiger charge is -2.14. The maximum atomic E-state index is 9.52. The van der Waals surface area contributed by atoms with Gasteiger partial charge in [0.1, 0.15) is 0 Å². The molecular weight excluding hydrogens is 256 g/mol. The van der Waals surface area contributed by atoms with E-state index in [4.69, 9.17) is 0 Å². The molecule has 112 valence electrons. The van der Waals surface area contributed by atoms with Crippen LogP contribution < -0.4 is 0 Å². The Morgan fingerprint density at radius 3 is 1.48 bits per heavy atom. The Hall–Kier alpha value is -1.60. The fourth-order valence-electron chi connectivity index (χ4n) is 2.81. The van der Waals surface area contributed by atoms with E-state index in [0.717, 1.165) is 25.7 Å². The van der Waals surface area contributed by atoms with Gasteiger partial charge in [0.25, 0.3) is 0 Å². The molecule has 0 radical (unpaired) electrons. The van der Waals surface area contributed by atoms with Crippen LogP contribution in [-0.4, -0.2) is 11.7 Å². The molecule has 1 nitrogen and oxygen atoms in total. The number of aliphatic hydroxyl groups excluding tert-OH is 1. The normalized spacial score (nSPS) is 11.0. The zero-order chi connectivity index (χ0) is 14.8. The minimum Gasteiger partial charge on any atom is -0.396 e. The maximum absolute atomic E-state index is 9.52. The lowest BCUT2D eigenvalue weighted by atomic mass is 9.94. The van der Waals surface area contributed by atoms with Crippen LogP contribution in [0.5, 0.6) is 0 Å². The van der Waals surface area contributed by atoms with E-state index in [1.807, 2.05) is 0 Å². The van der Waals surface area contributed by atoms with Crippen molar-refractivity contribution in [3.8, 4) is 0 Å². The van der Waals surface area contributed by atoms with Crippen molar-refractivity contribution in [1.82, 2.24) is 0 Å². The summed E-state index contributed by atoms with van der Waals surface area (Å²) in [6.07, 6.45) is 6.83. The molecule has 0 aliphatic rings. The average Bonchev–Trinajstić information content (AvgIpc) is 2.55. The van der Waals surface area contributed by atoms with Crippen molar-refractivity contribution in [1.29, 1.82) is 0 Å². The lowest BCUT2D eigenvalue weighted by molar-refractivity contribution is 0.206. The van der Waals surface area contributed by atoms with Gasteiger partial charge in [-0.3, -0.25) is 0 Å². The Morgan fingerprint density at radius 2 is 1.10 bits per heavy atom. The van der Waals surface area contributed by atoms with Gasteiger partial charge in [-0.05, 0) is 55.6 Å². The van der Waals surface area contributed by atoms with E-state index < -0.39 is 0 Å². The molecular formula is C20H26O. The molecule has 0 saturated carbocycles. The van der Waals surface area contributed by atoms with Crippen LogP contribution in [0.3, 0.4) is 0 Å². The fraction of sp³-hybridized carbons (Fsp3) is 0.400. The Balaban J connectivity index is 1.64. The van der Waals surface area contributed by atoms with Crippen molar-refractivity contribution < 1.29 is 5.11 Å². The summed E-state index contributed by atoms with van der Waals surface area (Å²) >= 11 is 0. The predicted molar refractivity (Wildman–Crippen MR) is 89.3 cm³/mol. The zero-order valence-corrected chi connectivity index (χ0v) is 12.7. The van der Waals surface area contributed by atoms with Crippen molar-refractivity contribution in [2.45, 2.75) is 38.5 Å². The number of benzene rings is 2. The Bertz CT molecular complexity index is 432. The first-order valence-electron chi connectivity index (χ1n) is 8.07. The molecule has 1 heteroatoms. The molecule has 0 fully saturated rings. The quantitative estimate of drug-likeness (QED) is 0.710. The summed E-state index contributed by atoms with van der Waals surface area (Å²) in [6, 6.07) is 21.2. The van der Waals surface area contributed by atoms with E-state index in [0.29, 0.717) is 12.5 Å². The zero-order valence-electron chi connectivity index (χ0n) is 12.7. The standard InChI is InChI=1S/C20H26O/c21-17-20(15-7-13-18-9-3-1-4-10-18)16-8-14-19-11-5-2-6-12-19/h1-6,9-12,20-21H,7-8,13-17H2. The molecule has 1 N–H and O–H groups in total. The van der Waals surface area contributed by atoms with Gasteiger partial charge >= 0.3 is 0 Å². The van der Waals surface area contributed by atoms with Gasteiger partial charge in [-0.25, -0.2) is 0 Å². The minimum atomic E-state index is 0.323. The first-order chi connectivity index (χ1) is 10.4. The van der Waals surface area contributed by atoms with Crippen molar-refractivity contribution in [3.05, 3.63) is 71.8 Å². The van der Waals surface area contributed by atoms with E-state index in [-0.39, 0.29) is 0 Å². The monoisotopic (exact) mass is 282 g/mol. The Kier molecular flexibility index (Phi) is 7.03. The molecule has 0 heterocycles. The van der Waals surface area contributed by atoms with Crippen LogP contribution >= 0.6 is 0 Å². The number of hydrogen-bond acceptors (Lipinski definition) is 1. The van der Waals surface area contributed by atoms with Crippen molar-refractivity contribution in [2.75, 3.05) is 6.61 Å². The lowest BCUT2D eigenvalue weighted by Crippen LogP contribution is -2.07. The number of hydrogen-bond donors (Lipinski definition) is 1. The Labute approximate surface area is 128 Å². The highest BCUT2D eigenvalue weighted by atomic mass is 16.3. The fourth-order valence-corrected chi connectivity index (χ4v) is 2.81. The molecule has 2 aromatic rings. The van der Waals surface area contributed by atoms with Crippen molar-refractivity contribution in [2.24, 2.45) is 5.92 Å². The van der Waals surface area contributed by atoms with Gasteiger partial charge in [0.15, 0.2) is 0 Å². The van der Waals surface area contributed by atoms with Gasteiger partial charge < -0.3 is 5.11 Å². The second kappa shape index (κ2) is 9.36. The summed E-state index contributed by atoms with van der Waals surface area (Å²) in [4.78, 5) is 0. The van der Waals surface area contributed by atoms with Crippen molar-refractivity contribution >= 4 is 0 Å². The molecule has 0 atom stereocenters. The van der Waals surface area contributed by atoms with Crippen LogP contribution in [0.2, 0.25) is 0 Å². The molecule has 0 amide bonds. The molecule has 0 spiro atoms. The van der Waals surface area contributed by atoms with Gasteiger partial charge in [-0.15, -0.1) is 0 Å². The maximum Gasteiger partial charge on any atom is 0.0459 e. The number of aryl methyl sites for hydroxylation is 2. The minimum absolute atomic E-state index is 0.323. The second-order valence-electron chi connectivity index (χ2n) is 5.80. The smallest absolute Gasteiger partial charge is 0.0459 e. The predicted octanol–water partition coefficient (Wildman–Crippen LogP) is 4.64. The molecule has 0 aliphatic heterocycles. The van der Waals surface area contributed by atoms with Crippen LogP contribution in [0.1, 0.15) is 36.8 Å². The van der Waals surface area contributed by atoms with E-state index in [1.165, 1.54) is 24.0 Å². The molecule has 21 heavy (non-hydrogen) atoms. The summed E-state index contributed by atoms with van der Waals surface area (Å²) in [5, 5.41) is 9.52. The summed E-state index contributed by atoms with van der Waals surface area (Å²) in [5.41, 5.74) is 2.80.